The molecular formula is C21H25N5O4S2. The van der Waals surface area contributed by atoms with Crippen LogP contribution >= 0.6 is 11.8 Å². The third-order valence-electron chi connectivity index (χ3n) is 5.11. The summed E-state index contributed by atoms with van der Waals surface area (Å²) in [5.41, 5.74) is 1.23. The van der Waals surface area contributed by atoms with Crippen LogP contribution in [0.5, 0.6) is 0 Å². The maximum Gasteiger partial charge on any atom is 0.230 e. The van der Waals surface area contributed by atoms with Crippen molar-refractivity contribution >= 4 is 33.4 Å². The SMILES string of the molecule is CS(=O)(=O)Nc1ccc(-c2nnc(SCC(=O)NC3CCCC3)n2Cc2ccco2)cc1. The fraction of sp³-hybridized carbons (Fsp3) is 0.381. The maximum absolute atomic E-state index is 12.4. The second-order valence-electron chi connectivity index (χ2n) is 7.76. The third kappa shape index (κ3) is 5.92. The van der Waals surface area contributed by atoms with Crippen LogP contribution in [0.4, 0.5) is 5.69 Å². The van der Waals surface area contributed by atoms with E-state index in [1.807, 2.05) is 16.7 Å². The minimum Gasteiger partial charge on any atom is -0.467 e. The van der Waals surface area contributed by atoms with Crippen molar-refractivity contribution in [1.82, 2.24) is 20.1 Å². The van der Waals surface area contributed by atoms with Crippen LogP contribution < -0.4 is 10.0 Å². The number of furan rings is 1. The summed E-state index contributed by atoms with van der Waals surface area (Å²) in [7, 11) is -3.35. The van der Waals surface area contributed by atoms with Crippen molar-refractivity contribution in [2.45, 2.75) is 43.4 Å². The molecule has 0 atom stereocenters. The number of amides is 1. The Balaban J connectivity index is 1.53. The number of anilines is 1. The van der Waals surface area contributed by atoms with Gasteiger partial charge in [-0.15, -0.1) is 10.2 Å². The number of hydrogen-bond donors (Lipinski definition) is 2. The quantitative estimate of drug-likeness (QED) is 0.456. The van der Waals surface area contributed by atoms with Crippen molar-refractivity contribution in [2.24, 2.45) is 0 Å². The average Bonchev–Trinajstić information content (AvgIpc) is 3.49. The van der Waals surface area contributed by atoms with Crippen molar-refractivity contribution in [3.63, 3.8) is 0 Å². The number of rotatable bonds is 9. The van der Waals surface area contributed by atoms with Crippen molar-refractivity contribution in [1.29, 1.82) is 0 Å². The van der Waals surface area contributed by atoms with Gasteiger partial charge in [-0.05, 0) is 49.2 Å². The van der Waals surface area contributed by atoms with Gasteiger partial charge in [-0.25, -0.2) is 8.42 Å². The maximum atomic E-state index is 12.4. The Morgan fingerprint density at radius 1 is 1.19 bits per heavy atom. The van der Waals surface area contributed by atoms with Crippen LogP contribution in [-0.2, 0) is 21.4 Å². The molecule has 1 amide bonds. The van der Waals surface area contributed by atoms with Crippen LogP contribution in [0, 0.1) is 0 Å². The summed E-state index contributed by atoms with van der Waals surface area (Å²) in [4.78, 5) is 12.4. The van der Waals surface area contributed by atoms with E-state index in [-0.39, 0.29) is 17.7 Å². The molecule has 2 aromatic heterocycles. The first-order valence-corrected chi connectivity index (χ1v) is 13.2. The van der Waals surface area contributed by atoms with E-state index in [0.717, 1.165) is 43.3 Å². The van der Waals surface area contributed by atoms with Gasteiger partial charge >= 0.3 is 0 Å². The number of thioether (sulfide) groups is 1. The minimum absolute atomic E-state index is 0.00722. The normalized spacial score (nSPS) is 14.5. The summed E-state index contributed by atoms with van der Waals surface area (Å²) < 4.78 is 32.7. The van der Waals surface area contributed by atoms with Crippen molar-refractivity contribution in [2.75, 3.05) is 16.7 Å². The Labute approximate surface area is 191 Å². The highest BCUT2D eigenvalue weighted by Gasteiger charge is 2.20. The third-order valence-corrected chi connectivity index (χ3v) is 6.68. The molecule has 32 heavy (non-hydrogen) atoms. The van der Waals surface area contributed by atoms with E-state index in [1.165, 1.54) is 11.8 Å². The largest absolute Gasteiger partial charge is 0.467 e. The summed E-state index contributed by atoms with van der Waals surface area (Å²) in [5.74, 6) is 1.58. The van der Waals surface area contributed by atoms with E-state index in [4.69, 9.17) is 4.42 Å². The molecule has 1 aliphatic rings. The number of aromatic nitrogens is 3. The van der Waals surface area contributed by atoms with Crippen molar-refractivity contribution < 1.29 is 17.6 Å². The number of nitrogens with zero attached hydrogens (tertiary/aromatic N) is 3. The molecule has 0 unspecified atom stereocenters. The van der Waals surface area contributed by atoms with Gasteiger partial charge in [-0.2, -0.15) is 0 Å². The highest BCUT2D eigenvalue weighted by atomic mass is 32.2. The molecule has 2 heterocycles. The zero-order valence-electron chi connectivity index (χ0n) is 17.7. The Kier molecular flexibility index (Phi) is 6.85. The van der Waals surface area contributed by atoms with E-state index in [0.29, 0.717) is 23.2 Å². The summed E-state index contributed by atoms with van der Waals surface area (Å²) in [6.07, 6.45) is 7.12. The fourth-order valence-electron chi connectivity index (χ4n) is 3.68. The summed E-state index contributed by atoms with van der Waals surface area (Å²) in [6, 6.07) is 10.8. The average molecular weight is 476 g/mol. The first-order chi connectivity index (χ1) is 15.4. The van der Waals surface area contributed by atoms with Crippen LogP contribution in [0.2, 0.25) is 0 Å². The lowest BCUT2D eigenvalue weighted by Crippen LogP contribution is -2.33. The molecule has 3 aromatic rings. The van der Waals surface area contributed by atoms with Crippen LogP contribution in [0.25, 0.3) is 11.4 Å². The molecule has 1 aromatic carbocycles. The van der Waals surface area contributed by atoms with Gasteiger partial charge in [-0.1, -0.05) is 24.6 Å². The molecule has 1 fully saturated rings. The van der Waals surface area contributed by atoms with E-state index in [9.17, 15) is 13.2 Å². The summed E-state index contributed by atoms with van der Waals surface area (Å²) in [5, 5.41) is 12.3. The monoisotopic (exact) mass is 475 g/mol. The number of hydrogen-bond acceptors (Lipinski definition) is 7. The second kappa shape index (κ2) is 9.78. The first-order valence-electron chi connectivity index (χ1n) is 10.3. The predicted molar refractivity (Wildman–Crippen MR) is 123 cm³/mol. The zero-order valence-corrected chi connectivity index (χ0v) is 19.3. The molecule has 9 nitrogen and oxygen atoms in total. The second-order valence-corrected chi connectivity index (χ2v) is 10.5. The molecule has 1 saturated carbocycles. The van der Waals surface area contributed by atoms with Crippen molar-refractivity contribution in [3.8, 4) is 11.4 Å². The Morgan fingerprint density at radius 2 is 1.94 bits per heavy atom. The molecule has 0 saturated heterocycles. The lowest BCUT2D eigenvalue weighted by molar-refractivity contribution is -0.119. The van der Waals surface area contributed by atoms with E-state index in [1.54, 1.807) is 30.5 Å². The molecule has 0 spiro atoms. The first kappa shape index (κ1) is 22.4. The number of nitrogens with one attached hydrogen (secondary N) is 2. The number of carbonyl (C=O) groups excluding carboxylic acids is 1. The minimum atomic E-state index is -3.35. The number of benzene rings is 1. The van der Waals surface area contributed by atoms with Gasteiger partial charge in [-0.3, -0.25) is 14.1 Å². The standard InChI is InChI=1S/C21H25N5O4S2/c1-32(28,29)25-17-10-8-15(9-11-17)20-23-24-21(26(20)13-18-7-4-12-30-18)31-14-19(27)22-16-5-2-3-6-16/h4,7-12,16,25H,2-3,5-6,13-14H2,1H3,(H,22,27). The van der Waals surface area contributed by atoms with E-state index >= 15 is 0 Å². The molecule has 11 heteroatoms. The molecule has 0 radical (unpaired) electrons. The van der Waals surface area contributed by atoms with Gasteiger partial charge in [0.15, 0.2) is 11.0 Å². The summed E-state index contributed by atoms with van der Waals surface area (Å²) in [6.45, 7) is 0.408. The van der Waals surface area contributed by atoms with Gasteiger partial charge in [0, 0.05) is 17.3 Å². The lowest BCUT2D eigenvalue weighted by Gasteiger charge is -2.12. The number of carbonyl (C=O) groups is 1. The molecule has 0 aliphatic heterocycles. The van der Waals surface area contributed by atoms with Crippen LogP contribution in [-0.4, -0.2) is 47.1 Å². The van der Waals surface area contributed by atoms with E-state index in [2.05, 4.69) is 20.2 Å². The van der Waals surface area contributed by atoms with E-state index < -0.39 is 10.0 Å². The fourth-order valence-corrected chi connectivity index (χ4v) is 4.99. The molecule has 4 rings (SSSR count). The van der Waals surface area contributed by atoms with Gasteiger partial charge < -0.3 is 9.73 Å². The molecule has 1 aliphatic carbocycles. The van der Waals surface area contributed by atoms with Gasteiger partial charge in [0.05, 0.1) is 24.8 Å². The van der Waals surface area contributed by atoms with Gasteiger partial charge in [0.2, 0.25) is 15.9 Å². The van der Waals surface area contributed by atoms with Crippen LogP contribution in [0.1, 0.15) is 31.4 Å². The molecule has 170 valence electrons. The van der Waals surface area contributed by atoms with Gasteiger partial charge in [0.25, 0.3) is 0 Å². The molecule has 2 N–H and O–H groups in total. The lowest BCUT2D eigenvalue weighted by atomic mass is 10.2. The highest BCUT2D eigenvalue weighted by Crippen LogP contribution is 2.27. The zero-order chi connectivity index (χ0) is 22.6. The number of sulfonamides is 1. The van der Waals surface area contributed by atoms with Crippen LogP contribution in [0.3, 0.4) is 0 Å². The Morgan fingerprint density at radius 3 is 2.59 bits per heavy atom. The molecule has 0 bridgehead atoms. The topological polar surface area (TPSA) is 119 Å². The smallest absolute Gasteiger partial charge is 0.230 e. The Bertz CT molecular complexity index is 1150. The Hall–Kier alpha value is -2.79. The molecular weight excluding hydrogens is 450 g/mol. The van der Waals surface area contributed by atoms with Crippen molar-refractivity contribution in [3.05, 3.63) is 48.4 Å². The predicted octanol–water partition coefficient (Wildman–Crippen LogP) is 3.11. The summed E-state index contributed by atoms with van der Waals surface area (Å²) >= 11 is 1.33. The highest BCUT2D eigenvalue weighted by molar-refractivity contribution is 7.99. The van der Waals surface area contributed by atoms with Gasteiger partial charge in [0.1, 0.15) is 5.76 Å². The van der Waals surface area contributed by atoms with Crippen LogP contribution in [0.15, 0.2) is 52.2 Å².